The third-order valence-electron chi connectivity index (χ3n) is 5.25. The van der Waals surface area contributed by atoms with Gasteiger partial charge in [-0.05, 0) is 65.1 Å². The molecule has 2 heteroatoms. The molecule has 0 aromatic rings. The van der Waals surface area contributed by atoms with Crippen LogP contribution in [0.15, 0.2) is 0 Å². The van der Waals surface area contributed by atoms with Crippen LogP contribution >= 0.6 is 0 Å². The molecule has 1 heterocycles. The maximum Gasteiger partial charge on any atom is 0.0306 e. The van der Waals surface area contributed by atoms with Crippen LogP contribution in [-0.4, -0.2) is 36.1 Å². The van der Waals surface area contributed by atoms with Crippen LogP contribution in [0.1, 0.15) is 79.6 Å². The first-order valence-corrected chi connectivity index (χ1v) is 9.00. The Morgan fingerprint density at radius 2 is 1.65 bits per heavy atom. The molecule has 0 aromatic carbocycles. The Morgan fingerprint density at radius 3 is 2.15 bits per heavy atom. The van der Waals surface area contributed by atoms with Gasteiger partial charge >= 0.3 is 0 Å². The summed E-state index contributed by atoms with van der Waals surface area (Å²) in [6, 6.07) is 0.621. The van der Waals surface area contributed by atoms with Crippen molar-refractivity contribution in [3.05, 3.63) is 0 Å². The molecule has 1 aliphatic rings. The second-order valence-electron chi connectivity index (χ2n) is 7.31. The molecule has 0 radical (unpaired) electrons. The van der Waals surface area contributed by atoms with E-state index in [0.717, 1.165) is 12.5 Å². The normalized spacial score (nSPS) is 21.4. The molecular formula is C18H38N2. The van der Waals surface area contributed by atoms with E-state index in [4.69, 9.17) is 0 Å². The van der Waals surface area contributed by atoms with Crippen LogP contribution < -0.4 is 5.32 Å². The van der Waals surface area contributed by atoms with E-state index in [9.17, 15) is 0 Å². The van der Waals surface area contributed by atoms with Crippen LogP contribution in [0.2, 0.25) is 0 Å². The Morgan fingerprint density at radius 1 is 1.05 bits per heavy atom. The van der Waals surface area contributed by atoms with Gasteiger partial charge in [-0.2, -0.15) is 0 Å². The molecular weight excluding hydrogens is 244 g/mol. The van der Waals surface area contributed by atoms with E-state index >= 15 is 0 Å². The van der Waals surface area contributed by atoms with Crippen LogP contribution in [0.25, 0.3) is 0 Å². The highest BCUT2D eigenvalue weighted by molar-refractivity contribution is 4.94. The first kappa shape index (κ1) is 18.0. The lowest BCUT2D eigenvalue weighted by molar-refractivity contribution is 0.0736. The van der Waals surface area contributed by atoms with Crippen LogP contribution in [0.5, 0.6) is 0 Å². The first-order chi connectivity index (χ1) is 9.52. The van der Waals surface area contributed by atoms with E-state index < -0.39 is 0 Å². The predicted molar refractivity (Wildman–Crippen MR) is 90.3 cm³/mol. The third-order valence-corrected chi connectivity index (χ3v) is 5.25. The van der Waals surface area contributed by atoms with Crippen LogP contribution in [0.4, 0.5) is 0 Å². The van der Waals surface area contributed by atoms with E-state index in [1.165, 1.54) is 58.0 Å². The van der Waals surface area contributed by atoms with E-state index in [1.807, 2.05) is 0 Å². The SMILES string of the molecule is CCCNC(CC(C)CC)C(C)(C)N1CCCCCC1. The van der Waals surface area contributed by atoms with Gasteiger partial charge in [0.2, 0.25) is 0 Å². The number of rotatable bonds is 8. The number of likely N-dealkylation sites (tertiary alicyclic amines) is 1. The highest BCUT2D eigenvalue weighted by Crippen LogP contribution is 2.27. The molecule has 1 aliphatic heterocycles. The standard InChI is InChI=1S/C18H38N2/c1-6-12-19-17(15-16(3)7-2)18(4,5)20-13-10-8-9-11-14-20/h16-17,19H,6-15H2,1-5H3. The summed E-state index contributed by atoms with van der Waals surface area (Å²) in [5, 5.41) is 3.85. The lowest BCUT2D eigenvalue weighted by Gasteiger charge is -2.45. The molecule has 0 bridgehead atoms. The maximum absolute atomic E-state index is 3.85. The molecule has 1 saturated heterocycles. The zero-order chi connectivity index (χ0) is 15.0. The summed E-state index contributed by atoms with van der Waals surface area (Å²) in [4.78, 5) is 2.76. The van der Waals surface area contributed by atoms with Crippen molar-refractivity contribution in [3.8, 4) is 0 Å². The summed E-state index contributed by atoms with van der Waals surface area (Å²) in [6.07, 6.45) is 9.43. The minimum absolute atomic E-state index is 0.281. The fraction of sp³-hybridized carbons (Fsp3) is 1.00. The van der Waals surface area contributed by atoms with Gasteiger partial charge in [-0.15, -0.1) is 0 Å². The van der Waals surface area contributed by atoms with Crippen molar-refractivity contribution in [1.82, 2.24) is 10.2 Å². The quantitative estimate of drug-likeness (QED) is 0.708. The van der Waals surface area contributed by atoms with Gasteiger partial charge in [0, 0.05) is 11.6 Å². The Kier molecular flexibility index (Phi) is 8.13. The maximum atomic E-state index is 3.85. The highest BCUT2D eigenvalue weighted by Gasteiger charge is 2.35. The molecule has 20 heavy (non-hydrogen) atoms. The minimum atomic E-state index is 0.281. The van der Waals surface area contributed by atoms with Crippen molar-refractivity contribution in [3.63, 3.8) is 0 Å². The van der Waals surface area contributed by atoms with Crippen molar-refractivity contribution in [2.75, 3.05) is 19.6 Å². The second-order valence-corrected chi connectivity index (χ2v) is 7.31. The molecule has 2 atom stereocenters. The van der Waals surface area contributed by atoms with Crippen molar-refractivity contribution >= 4 is 0 Å². The predicted octanol–water partition coefficient (Wildman–Crippen LogP) is 4.45. The summed E-state index contributed by atoms with van der Waals surface area (Å²) in [7, 11) is 0. The van der Waals surface area contributed by atoms with Gasteiger partial charge in [-0.1, -0.05) is 40.0 Å². The molecule has 1 rings (SSSR count). The van der Waals surface area contributed by atoms with Gasteiger partial charge in [0.05, 0.1) is 0 Å². The third kappa shape index (κ3) is 5.37. The number of nitrogens with zero attached hydrogens (tertiary/aromatic N) is 1. The molecule has 2 nitrogen and oxygen atoms in total. The highest BCUT2D eigenvalue weighted by atomic mass is 15.2. The Balaban J connectivity index is 2.72. The van der Waals surface area contributed by atoms with Crippen molar-refractivity contribution in [1.29, 1.82) is 0 Å². The molecule has 120 valence electrons. The minimum Gasteiger partial charge on any atom is -0.312 e. The fourth-order valence-electron chi connectivity index (χ4n) is 3.38. The lowest BCUT2D eigenvalue weighted by atomic mass is 9.84. The Bertz CT molecular complexity index is 242. The van der Waals surface area contributed by atoms with Gasteiger partial charge in [-0.25, -0.2) is 0 Å². The number of nitrogens with one attached hydrogen (secondary N) is 1. The number of hydrogen-bond acceptors (Lipinski definition) is 2. The van der Waals surface area contributed by atoms with Crippen molar-refractivity contribution < 1.29 is 0 Å². The lowest BCUT2D eigenvalue weighted by Crippen LogP contribution is -2.58. The summed E-state index contributed by atoms with van der Waals surface area (Å²) in [5.74, 6) is 0.815. The molecule has 0 aliphatic carbocycles. The topological polar surface area (TPSA) is 15.3 Å². The smallest absolute Gasteiger partial charge is 0.0306 e. The van der Waals surface area contributed by atoms with Crippen LogP contribution in [0, 0.1) is 5.92 Å². The zero-order valence-electron chi connectivity index (χ0n) is 14.7. The van der Waals surface area contributed by atoms with Gasteiger partial charge in [0.1, 0.15) is 0 Å². The summed E-state index contributed by atoms with van der Waals surface area (Å²) < 4.78 is 0. The average Bonchev–Trinajstić information content (AvgIpc) is 2.72. The van der Waals surface area contributed by atoms with E-state index in [1.54, 1.807) is 0 Å². The molecule has 2 unspecified atom stereocenters. The van der Waals surface area contributed by atoms with Gasteiger partial charge < -0.3 is 5.32 Å². The van der Waals surface area contributed by atoms with Gasteiger partial charge in [0.25, 0.3) is 0 Å². The molecule has 0 aromatic heterocycles. The van der Waals surface area contributed by atoms with Gasteiger partial charge in [0.15, 0.2) is 0 Å². The Labute approximate surface area is 127 Å². The van der Waals surface area contributed by atoms with Crippen LogP contribution in [-0.2, 0) is 0 Å². The van der Waals surface area contributed by atoms with E-state index in [0.29, 0.717) is 6.04 Å². The summed E-state index contributed by atoms with van der Waals surface area (Å²) in [6.45, 7) is 15.7. The van der Waals surface area contributed by atoms with E-state index in [2.05, 4.69) is 44.8 Å². The Hall–Kier alpha value is -0.0800. The fourth-order valence-corrected chi connectivity index (χ4v) is 3.38. The number of hydrogen-bond donors (Lipinski definition) is 1. The second kappa shape index (κ2) is 9.04. The molecule has 0 spiro atoms. The largest absolute Gasteiger partial charge is 0.312 e. The molecule has 1 N–H and O–H groups in total. The zero-order valence-corrected chi connectivity index (χ0v) is 14.7. The molecule has 0 amide bonds. The van der Waals surface area contributed by atoms with Crippen molar-refractivity contribution in [2.45, 2.75) is 91.1 Å². The molecule has 0 saturated carbocycles. The summed E-state index contributed by atoms with van der Waals surface area (Å²) >= 11 is 0. The average molecular weight is 283 g/mol. The first-order valence-electron chi connectivity index (χ1n) is 9.00. The monoisotopic (exact) mass is 282 g/mol. The summed E-state index contributed by atoms with van der Waals surface area (Å²) in [5.41, 5.74) is 0.281. The van der Waals surface area contributed by atoms with Crippen molar-refractivity contribution in [2.24, 2.45) is 5.92 Å². The molecule has 1 fully saturated rings. The van der Waals surface area contributed by atoms with Crippen LogP contribution in [0.3, 0.4) is 0 Å². The van der Waals surface area contributed by atoms with Gasteiger partial charge in [-0.3, -0.25) is 4.90 Å². The van der Waals surface area contributed by atoms with E-state index in [-0.39, 0.29) is 5.54 Å².